The molecule has 9 nitrogen and oxygen atoms in total. The summed E-state index contributed by atoms with van der Waals surface area (Å²) < 4.78 is 9.86. The van der Waals surface area contributed by atoms with Crippen molar-refractivity contribution in [1.29, 1.82) is 0 Å². The highest BCUT2D eigenvalue weighted by atomic mass is 16.5. The van der Waals surface area contributed by atoms with Gasteiger partial charge in [-0.25, -0.2) is 4.79 Å². The van der Waals surface area contributed by atoms with Crippen LogP contribution in [0.3, 0.4) is 0 Å². The van der Waals surface area contributed by atoms with E-state index < -0.39 is 12.0 Å². The van der Waals surface area contributed by atoms with Crippen LogP contribution >= 0.6 is 0 Å². The Kier molecular flexibility index (Phi) is 9.28. The van der Waals surface area contributed by atoms with Gasteiger partial charge in [-0.15, -0.1) is 0 Å². The third-order valence-electron chi connectivity index (χ3n) is 5.48. The number of urea groups is 1. The van der Waals surface area contributed by atoms with Gasteiger partial charge in [0.1, 0.15) is 6.54 Å². The number of fused-ring (bicyclic) bond motifs is 1. The second-order valence-corrected chi connectivity index (χ2v) is 7.89. The Hall–Kier alpha value is -3.59. The number of nitrogens with one attached hydrogen (secondary N) is 3. The third-order valence-corrected chi connectivity index (χ3v) is 5.48. The molecule has 0 radical (unpaired) electrons. The lowest BCUT2D eigenvalue weighted by molar-refractivity contribution is -0.141. The Morgan fingerprint density at radius 3 is 2.62 bits per heavy atom. The Morgan fingerprint density at radius 1 is 1.06 bits per heavy atom. The van der Waals surface area contributed by atoms with Crippen molar-refractivity contribution in [3.63, 3.8) is 0 Å². The summed E-state index contributed by atoms with van der Waals surface area (Å²) in [5.74, 6) is -0.741. The van der Waals surface area contributed by atoms with Crippen LogP contribution in [0, 0.1) is 0 Å². The quantitative estimate of drug-likeness (QED) is 0.365. The number of methoxy groups -OCH3 is 1. The molecule has 1 aliphatic heterocycles. The van der Waals surface area contributed by atoms with Crippen LogP contribution < -0.4 is 20.9 Å². The molecule has 3 rings (SSSR count). The lowest BCUT2D eigenvalue weighted by Crippen LogP contribution is -2.35. The number of amides is 3. The molecule has 1 heterocycles. The zero-order valence-corrected chi connectivity index (χ0v) is 19.7. The van der Waals surface area contributed by atoms with Gasteiger partial charge in [-0.3, -0.25) is 9.59 Å². The summed E-state index contributed by atoms with van der Waals surface area (Å²) in [7, 11) is 1.62. The fourth-order valence-corrected chi connectivity index (χ4v) is 3.83. The van der Waals surface area contributed by atoms with Gasteiger partial charge in [0.2, 0.25) is 0 Å². The van der Waals surface area contributed by atoms with E-state index in [1.54, 1.807) is 26.2 Å². The van der Waals surface area contributed by atoms with Crippen molar-refractivity contribution in [2.24, 2.45) is 0 Å². The van der Waals surface area contributed by atoms with Crippen LogP contribution in [0.25, 0.3) is 0 Å². The summed E-state index contributed by atoms with van der Waals surface area (Å²) in [6.45, 7) is 4.22. The normalized spacial score (nSPS) is 12.5. The summed E-state index contributed by atoms with van der Waals surface area (Å²) in [6, 6.07) is 13.0. The molecule has 3 amide bonds. The average molecular weight is 469 g/mol. The van der Waals surface area contributed by atoms with Crippen LogP contribution in [-0.4, -0.2) is 57.9 Å². The molecule has 0 fully saturated rings. The van der Waals surface area contributed by atoms with Gasteiger partial charge in [0.05, 0.1) is 12.2 Å². The number of carbonyl (C=O) groups is 3. The molecule has 0 atom stereocenters. The molecule has 2 aromatic rings. The van der Waals surface area contributed by atoms with Crippen LogP contribution in [0.15, 0.2) is 42.5 Å². The third kappa shape index (κ3) is 6.95. The molecule has 1 aliphatic rings. The number of nitrogens with zero attached hydrogens (tertiary/aromatic N) is 1. The second kappa shape index (κ2) is 12.6. The van der Waals surface area contributed by atoms with E-state index in [0.29, 0.717) is 37.4 Å². The average Bonchev–Trinajstić information content (AvgIpc) is 2.85. The van der Waals surface area contributed by atoms with Crippen molar-refractivity contribution in [2.75, 3.05) is 50.2 Å². The maximum absolute atomic E-state index is 13.1. The van der Waals surface area contributed by atoms with Crippen LogP contribution in [0.4, 0.5) is 16.2 Å². The molecule has 0 spiro atoms. The summed E-state index contributed by atoms with van der Waals surface area (Å²) >= 11 is 0. The lowest BCUT2D eigenvalue weighted by Gasteiger charge is -2.32. The largest absolute Gasteiger partial charge is 0.465 e. The second-order valence-electron chi connectivity index (χ2n) is 7.89. The number of rotatable bonds is 10. The first kappa shape index (κ1) is 25.0. The SMILES string of the molecule is CCOC(=O)CNC(=O)Nc1ccc(N2CCc3ccccc3C2)c(C(=O)NCCCOC)c1. The monoisotopic (exact) mass is 468 g/mol. The first-order valence-corrected chi connectivity index (χ1v) is 11.4. The van der Waals surface area contributed by atoms with Gasteiger partial charge in [-0.1, -0.05) is 24.3 Å². The minimum Gasteiger partial charge on any atom is -0.465 e. The van der Waals surface area contributed by atoms with Gasteiger partial charge >= 0.3 is 12.0 Å². The van der Waals surface area contributed by atoms with Crippen molar-refractivity contribution in [2.45, 2.75) is 26.3 Å². The fourth-order valence-electron chi connectivity index (χ4n) is 3.83. The molecule has 0 saturated heterocycles. The Labute approximate surface area is 199 Å². The Balaban J connectivity index is 1.76. The van der Waals surface area contributed by atoms with Crippen LogP contribution in [0.2, 0.25) is 0 Å². The van der Waals surface area contributed by atoms with E-state index in [0.717, 1.165) is 18.7 Å². The maximum atomic E-state index is 13.1. The van der Waals surface area contributed by atoms with E-state index in [-0.39, 0.29) is 19.1 Å². The van der Waals surface area contributed by atoms with E-state index in [1.807, 2.05) is 18.2 Å². The van der Waals surface area contributed by atoms with E-state index >= 15 is 0 Å². The van der Waals surface area contributed by atoms with Crippen molar-refractivity contribution in [1.82, 2.24) is 10.6 Å². The van der Waals surface area contributed by atoms with Gasteiger partial charge in [-0.05, 0) is 49.1 Å². The smallest absolute Gasteiger partial charge is 0.325 e. The fraction of sp³-hybridized carbons (Fsp3) is 0.400. The highest BCUT2D eigenvalue weighted by molar-refractivity contribution is 6.02. The van der Waals surface area contributed by atoms with Gasteiger partial charge in [0, 0.05) is 44.7 Å². The number of ether oxygens (including phenoxy) is 2. The molecule has 3 N–H and O–H groups in total. The van der Waals surface area contributed by atoms with E-state index in [4.69, 9.17) is 9.47 Å². The Bertz CT molecular complexity index is 1010. The molecule has 0 saturated carbocycles. The van der Waals surface area contributed by atoms with E-state index in [1.165, 1.54) is 11.1 Å². The zero-order chi connectivity index (χ0) is 24.3. The predicted molar refractivity (Wildman–Crippen MR) is 130 cm³/mol. The first-order valence-electron chi connectivity index (χ1n) is 11.4. The first-order chi connectivity index (χ1) is 16.5. The molecular weight excluding hydrogens is 436 g/mol. The summed E-state index contributed by atoms with van der Waals surface area (Å²) in [4.78, 5) is 38.9. The molecule has 0 aliphatic carbocycles. The number of esters is 1. The van der Waals surface area contributed by atoms with Gasteiger partial charge in [-0.2, -0.15) is 0 Å². The van der Waals surface area contributed by atoms with E-state index in [9.17, 15) is 14.4 Å². The highest BCUT2D eigenvalue weighted by Crippen LogP contribution is 2.29. The topological polar surface area (TPSA) is 109 Å². The standard InChI is InChI=1S/C25H32N4O5/c1-3-34-23(30)16-27-25(32)28-20-9-10-22(21(15-20)24(31)26-12-6-14-33-2)29-13-11-18-7-4-5-8-19(18)17-29/h4-5,7-10,15H,3,6,11-14,16-17H2,1-2H3,(H,26,31)(H2,27,28,32). The maximum Gasteiger partial charge on any atom is 0.325 e. The van der Waals surface area contributed by atoms with Crippen LogP contribution in [-0.2, 0) is 27.2 Å². The minimum atomic E-state index is -0.556. The van der Waals surface area contributed by atoms with Crippen molar-refractivity contribution >= 4 is 29.3 Å². The van der Waals surface area contributed by atoms with Gasteiger partial charge in [0.15, 0.2) is 0 Å². The Morgan fingerprint density at radius 2 is 1.85 bits per heavy atom. The molecular formula is C25H32N4O5. The summed E-state index contributed by atoms with van der Waals surface area (Å²) in [6.07, 6.45) is 1.59. The number of carbonyl (C=O) groups excluding carboxylic acids is 3. The predicted octanol–water partition coefficient (Wildman–Crippen LogP) is 2.70. The van der Waals surface area contributed by atoms with E-state index in [2.05, 4.69) is 33.0 Å². The van der Waals surface area contributed by atoms with Crippen molar-refractivity contribution in [3.8, 4) is 0 Å². The van der Waals surface area contributed by atoms with Crippen LogP contribution in [0.1, 0.15) is 34.8 Å². The number of benzene rings is 2. The highest BCUT2D eigenvalue weighted by Gasteiger charge is 2.22. The van der Waals surface area contributed by atoms with Crippen molar-refractivity contribution < 1.29 is 23.9 Å². The molecule has 34 heavy (non-hydrogen) atoms. The number of hydrogen-bond donors (Lipinski definition) is 3. The van der Waals surface area contributed by atoms with Crippen molar-refractivity contribution in [3.05, 3.63) is 59.2 Å². The molecule has 0 aromatic heterocycles. The summed E-state index contributed by atoms with van der Waals surface area (Å²) in [5.41, 5.74) is 4.28. The minimum absolute atomic E-state index is 0.222. The van der Waals surface area contributed by atoms with Gasteiger partial charge in [0.25, 0.3) is 5.91 Å². The number of anilines is 2. The summed E-state index contributed by atoms with van der Waals surface area (Å²) in [5, 5.41) is 8.06. The molecule has 0 unspecified atom stereocenters. The molecule has 2 aromatic carbocycles. The van der Waals surface area contributed by atoms with Gasteiger partial charge < -0.3 is 30.3 Å². The lowest BCUT2D eigenvalue weighted by atomic mass is 9.98. The molecule has 182 valence electrons. The number of hydrogen-bond acceptors (Lipinski definition) is 6. The molecule has 9 heteroatoms. The van der Waals surface area contributed by atoms with Crippen LogP contribution in [0.5, 0.6) is 0 Å². The zero-order valence-electron chi connectivity index (χ0n) is 19.7. The molecule has 0 bridgehead atoms.